The van der Waals surface area contributed by atoms with Gasteiger partial charge in [0, 0.05) is 31.5 Å². The number of urea groups is 1. The summed E-state index contributed by atoms with van der Waals surface area (Å²) in [4.78, 5) is 25.7. The monoisotopic (exact) mass is 498 g/mol. The number of carboxylic acid groups (broad SMARTS) is 1. The topological polar surface area (TPSA) is 97.3 Å². The Morgan fingerprint density at radius 1 is 1.03 bits per heavy atom. The third kappa shape index (κ3) is 8.92. The van der Waals surface area contributed by atoms with Crippen LogP contribution in [0.2, 0.25) is 0 Å². The number of carbonyl (C=O) groups excluding carboxylic acids is 1. The molecule has 0 atom stereocenters. The highest BCUT2D eigenvalue weighted by molar-refractivity contribution is 5.92. The Labute approximate surface area is 213 Å². The van der Waals surface area contributed by atoms with E-state index >= 15 is 0 Å². The molecule has 0 saturated carbocycles. The second-order valence-corrected chi connectivity index (χ2v) is 8.10. The van der Waals surface area contributed by atoms with Crippen molar-refractivity contribution in [1.29, 1.82) is 0 Å². The number of unbranched alkanes of at least 4 members (excludes halogenated alkanes) is 2. The van der Waals surface area contributed by atoms with Crippen molar-refractivity contribution in [2.75, 3.05) is 44.9 Å². The molecule has 0 bridgehead atoms. The Morgan fingerprint density at radius 2 is 1.83 bits per heavy atom. The first kappa shape index (κ1) is 28.7. The van der Waals surface area contributed by atoms with Crippen LogP contribution in [-0.2, 0) is 14.3 Å². The first-order valence-corrected chi connectivity index (χ1v) is 12.5. The van der Waals surface area contributed by atoms with E-state index in [0.717, 1.165) is 36.1 Å². The van der Waals surface area contributed by atoms with E-state index in [1.807, 2.05) is 43.3 Å². The van der Waals surface area contributed by atoms with Crippen LogP contribution >= 0.6 is 0 Å². The Balaban J connectivity index is 2.34. The van der Waals surface area contributed by atoms with Gasteiger partial charge >= 0.3 is 12.0 Å². The van der Waals surface area contributed by atoms with E-state index in [1.165, 1.54) is 6.08 Å². The van der Waals surface area contributed by atoms with Crippen molar-refractivity contribution in [3.05, 3.63) is 53.8 Å². The normalized spacial score (nSPS) is 11.2. The fourth-order valence-corrected chi connectivity index (χ4v) is 3.50. The van der Waals surface area contributed by atoms with E-state index < -0.39 is 5.97 Å². The molecule has 36 heavy (non-hydrogen) atoms. The highest BCUT2D eigenvalue weighted by atomic mass is 16.5. The van der Waals surface area contributed by atoms with Gasteiger partial charge in [0.1, 0.15) is 12.4 Å². The smallest absolute Gasteiger partial charge is 0.371 e. The average molecular weight is 499 g/mol. The number of carbonyl (C=O) groups is 2. The number of aliphatic carboxylic acids is 1. The predicted octanol–water partition coefficient (Wildman–Crippen LogP) is 5.57. The molecule has 2 aromatic carbocycles. The van der Waals surface area contributed by atoms with Gasteiger partial charge in [-0.2, -0.15) is 0 Å². The zero-order valence-corrected chi connectivity index (χ0v) is 21.7. The lowest BCUT2D eigenvalue weighted by Gasteiger charge is -2.20. The molecule has 0 aliphatic heterocycles. The van der Waals surface area contributed by atoms with Gasteiger partial charge in [0.25, 0.3) is 0 Å². The first-order valence-electron chi connectivity index (χ1n) is 12.5. The number of nitrogens with zero attached hydrogens (tertiary/aromatic N) is 1. The number of anilines is 1. The van der Waals surface area contributed by atoms with Crippen LogP contribution in [0.25, 0.3) is 17.2 Å². The molecule has 2 rings (SSSR count). The summed E-state index contributed by atoms with van der Waals surface area (Å²) < 4.78 is 16.7. The van der Waals surface area contributed by atoms with Crippen LogP contribution in [0.1, 0.15) is 45.6 Å². The standard InChI is InChI=1S/C28H38N2O6/c1-5-8-9-15-29-28(33)30(4)23-12-10-11-22(20-23)24-14-13-21(19-26(27(31)32)35-7-3)18-25(24)36-17-16-34-6-2/h10-14,18-20H,5-9,15-17H2,1-4H3,(H,29,33)(H,31,32)/b26-19-. The predicted molar refractivity (Wildman–Crippen MR) is 142 cm³/mol. The molecule has 8 heteroatoms. The summed E-state index contributed by atoms with van der Waals surface area (Å²) >= 11 is 0. The lowest BCUT2D eigenvalue weighted by Crippen LogP contribution is -2.37. The minimum Gasteiger partial charge on any atom is -0.491 e. The number of ether oxygens (including phenoxy) is 3. The number of nitrogens with one attached hydrogen (secondary N) is 1. The van der Waals surface area contributed by atoms with E-state index in [4.69, 9.17) is 14.2 Å². The maximum absolute atomic E-state index is 12.6. The molecule has 2 amide bonds. The number of hydrogen-bond donors (Lipinski definition) is 2. The summed E-state index contributed by atoms with van der Waals surface area (Å²) in [5, 5.41) is 12.4. The minimum atomic E-state index is -1.14. The van der Waals surface area contributed by atoms with E-state index in [1.54, 1.807) is 24.9 Å². The highest BCUT2D eigenvalue weighted by Crippen LogP contribution is 2.34. The Bertz CT molecular complexity index is 1020. The zero-order chi connectivity index (χ0) is 26.3. The van der Waals surface area contributed by atoms with Gasteiger partial charge in [-0.1, -0.05) is 44.0 Å². The Kier molecular flexibility index (Phi) is 12.3. The number of carboxylic acids is 1. The van der Waals surface area contributed by atoms with Gasteiger partial charge in [0.05, 0.1) is 13.2 Å². The Hall–Kier alpha value is -3.52. The van der Waals surface area contributed by atoms with Gasteiger partial charge in [-0.15, -0.1) is 0 Å². The second kappa shape index (κ2) is 15.5. The molecule has 0 aliphatic carbocycles. The molecule has 2 aromatic rings. The molecule has 0 spiro atoms. The van der Waals surface area contributed by atoms with Crippen LogP contribution in [0.4, 0.5) is 10.5 Å². The van der Waals surface area contributed by atoms with Crippen LogP contribution in [0.15, 0.2) is 48.2 Å². The summed E-state index contributed by atoms with van der Waals surface area (Å²) in [5.74, 6) is -0.698. The molecular weight excluding hydrogens is 460 g/mol. The van der Waals surface area contributed by atoms with E-state index in [2.05, 4.69) is 12.2 Å². The molecular formula is C28H38N2O6. The lowest BCUT2D eigenvalue weighted by molar-refractivity contribution is -0.136. The third-order valence-corrected chi connectivity index (χ3v) is 5.41. The fraction of sp³-hybridized carbons (Fsp3) is 0.429. The maximum Gasteiger partial charge on any atom is 0.371 e. The van der Waals surface area contributed by atoms with E-state index in [-0.39, 0.29) is 18.4 Å². The number of amides is 2. The summed E-state index contributed by atoms with van der Waals surface area (Å²) in [7, 11) is 1.74. The summed E-state index contributed by atoms with van der Waals surface area (Å²) in [6.07, 6.45) is 4.60. The number of hydrogen-bond acceptors (Lipinski definition) is 5. The highest BCUT2D eigenvalue weighted by Gasteiger charge is 2.14. The molecule has 8 nitrogen and oxygen atoms in total. The fourth-order valence-electron chi connectivity index (χ4n) is 3.50. The molecule has 0 saturated heterocycles. The van der Waals surface area contributed by atoms with Crippen molar-refractivity contribution in [3.8, 4) is 16.9 Å². The summed E-state index contributed by atoms with van der Waals surface area (Å²) in [5.41, 5.74) is 3.06. The molecule has 0 heterocycles. The average Bonchev–Trinajstić information content (AvgIpc) is 2.88. The van der Waals surface area contributed by atoms with Gasteiger partial charge in [0.2, 0.25) is 5.76 Å². The van der Waals surface area contributed by atoms with Gasteiger partial charge in [-0.05, 0) is 55.7 Å². The number of rotatable bonds is 15. The quantitative estimate of drug-likeness (QED) is 0.189. The van der Waals surface area contributed by atoms with Crippen molar-refractivity contribution in [2.45, 2.75) is 40.0 Å². The van der Waals surface area contributed by atoms with Crippen LogP contribution in [-0.4, -0.2) is 57.1 Å². The molecule has 0 unspecified atom stereocenters. The van der Waals surface area contributed by atoms with Gasteiger partial charge in [-0.3, -0.25) is 4.90 Å². The van der Waals surface area contributed by atoms with Crippen molar-refractivity contribution in [2.24, 2.45) is 0 Å². The maximum atomic E-state index is 12.6. The Morgan fingerprint density at radius 3 is 2.53 bits per heavy atom. The largest absolute Gasteiger partial charge is 0.491 e. The van der Waals surface area contributed by atoms with Gasteiger partial charge < -0.3 is 24.6 Å². The van der Waals surface area contributed by atoms with Crippen LogP contribution in [0.5, 0.6) is 5.75 Å². The van der Waals surface area contributed by atoms with Crippen molar-refractivity contribution >= 4 is 23.8 Å². The zero-order valence-electron chi connectivity index (χ0n) is 21.7. The molecule has 0 fully saturated rings. The molecule has 2 N–H and O–H groups in total. The van der Waals surface area contributed by atoms with Gasteiger partial charge in [0.15, 0.2) is 0 Å². The van der Waals surface area contributed by atoms with Crippen LogP contribution in [0.3, 0.4) is 0 Å². The second-order valence-electron chi connectivity index (χ2n) is 8.10. The SMILES string of the molecule is CCCCCNC(=O)N(C)c1cccc(-c2ccc(/C=C(\OCC)C(=O)O)cc2OCCOCC)c1. The lowest BCUT2D eigenvalue weighted by atomic mass is 10.0. The van der Waals surface area contributed by atoms with Gasteiger partial charge in [-0.25, -0.2) is 9.59 Å². The first-order chi connectivity index (χ1) is 17.4. The molecule has 0 radical (unpaired) electrons. The molecule has 0 aliphatic rings. The van der Waals surface area contributed by atoms with Crippen LogP contribution in [0, 0.1) is 0 Å². The van der Waals surface area contributed by atoms with Crippen LogP contribution < -0.4 is 15.0 Å². The minimum absolute atomic E-state index is 0.140. The van der Waals surface area contributed by atoms with Crippen molar-refractivity contribution < 1.29 is 28.9 Å². The molecule has 196 valence electrons. The molecule has 0 aromatic heterocycles. The number of benzene rings is 2. The summed E-state index contributed by atoms with van der Waals surface area (Å²) in [6.45, 7) is 8.02. The van der Waals surface area contributed by atoms with E-state index in [0.29, 0.717) is 37.7 Å². The van der Waals surface area contributed by atoms with E-state index in [9.17, 15) is 14.7 Å². The third-order valence-electron chi connectivity index (χ3n) is 5.41. The summed E-state index contributed by atoms with van der Waals surface area (Å²) in [6, 6.07) is 12.9. The van der Waals surface area contributed by atoms with Crippen molar-refractivity contribution in [1.82, 2.24) is 5.32 Å². The van der Waals surface area contributed by atoms with Crippen molar-refractivity contribution in [3.63, 3.8) is 0 Å².